The average Bonchev–Trinajstić information content (AvgIpc) is 3.14. The first-order valence-corrected chi connectivity index (χ1v) is 9.90. The first-order valence-electron chi connectivity index (χ1n) is 8.70. The maximum absolute atomic E-state index is 12.3. The summed E-state index contributed by atoms with van der Waals surface area (Å²) in [6, 6.07) is 16.4. The molecule has 6 nitrogen and oxygen atoms in total. The number of aromatic nitrogens is 2. The molecule has 2 aromatic heterocycles. The van der Waals surface area contributed by atoms with Crippen molar-refractivity contribution in [2.24, 2.45) is 0 Å². The van der Waals surface area contributed by atoms with Gasteiger partial charge in [0.1, 0.15) is 0 Å². The van der Waals surface area contributed by atoms with Crippen LogP contribution in [0.3, 0.4) is 0 Å². The van der Waals surface area contributed by atoms with E-state index in [0.29, 0.717) is 22.7 Å². The summed E-state index contributed by atoms with van der Waals surface area (Å²) in [6.45, 7) is 1.94. The lowest BCUT2D eigenvalue weighted by Crippen LogP contribution is -2.34. The lowest BCUT2D eigenvalue weighted by molar-refractivity contribution is 0.0977. The number of halogens is 1. The zero-order chi connectivity index (χ0) is 20.4. The Kier molecular flexibility index (Phi) is 5.37. The summed E-state index contributed by atoms with van der Waals surface area (Å²) in [5.41, 5.74) is 4.17. The van der Waals surface area contributed by atoms with Gasteiger partial charge in [0.2, 0.25) is 5.89 Å². The highest BCUT2D eigenvalue weighted by atomic mass is 79.9. The highest BCUT2D eigenvalue weighted by molar-refractivity contribution is 9.10. The molecular weight excluding hydrogens is 452 g/mol. The fourth-order valence-corrected chi connectivity index (χ4v) is 3.18. The first kappa shape index (κ1) is 19.2. The van der Waals surface area contributed by atoms with Crippen molar-refractivity contribution in [3.8, 4) is 11.5 Å². The molecule has 2 N–H and O–H groups in total. The molecule has 1 amide bonds. The number of carbonyl (C=O) groups excluding carboxylic acids is 1. The summed E-state index contributed by atoms with van der Waals surface area (Å²) >= 11 is 8.66. The average molecular weight is 467 g/mol. The van der Waals surface area contributed by atoms with E-state index in [0.717, 1.165) is 21.3 Å². The van der Waals surface area contributed by atoms with Crippen molar-refractivity contribution in [3.63, 3.8) is 0 Å². The van der Waals surface area contributed by atoms with Crippen LogP contribution in [0.2, 0.25) is 0 Å². The van der Waals surface area contributed by atoms with Gasteiger partial charge in [0.05, 0.1) is 0 Å². The number of hydrogen-bond acceptors (Lipinski definition) is 5. The number of carbonyl (C=O) groups is 1. The number of thiocarbonyl (C=S) groups is 1. The van der Waals surface area contributed by atoms with E-state index in [4.69, 9.17) is 16.6 Å². The molecule has 4 rings (SSSR count). The molecule has 0 unspecified atom stereocenters. The number of rotatable bonds is 3. The number of aryl methyl sites for hydroxylation is 1. The Morgan fingerprint density at radius 2 is 1.93 bits per heavy atom. The van der Waals surface area contributed by atoms with Crippen LogP contribution in [0.15, 0.2) is 69.7 Å². The predicted molar refractivity (Wildman–Crippen MR) is 120 cm³/mol. The number of fused-ring (bicyclic) bond motifs is 1. The molecule has 0 aliphatic heterocycles. The van der Waals surface area contributed by atoms with Gasteiger partial charge in [-0.15, -0.1) is 0 Å². The fraction of sp³-hybridized carbons (Fsp3) is 0.0476. The van der Waals surface area contributed by atoms with Gasteiger partial charge in [0, 0.05) is 27.5 Å². The van der Waals surface area contributed by atoms with Crippen molar-refractivity contribution in [3.05, 3.63) is 76.4 Å². The first-order chi connectivity index (χ1) is 14.0. The van der Waals surface area contributed by atoms with Crippen LogP contribution < -0.4 is 10.6 Å². The largest absolute Gasteiger partial charge is 0.434 e. The second kappa shape index (κ2) is 8.10. The smallest absolute Gasteiger partial charge is 0.257 e. The van der Waals surface area contributed by atoms with Gasteiger partial charge in [0.15, 0.2) is 16.3 Å². The zero-order valence-electron chi connectivity index (χ0n) is 15.3. The monoisotopic (exact) mass is 466 g/mol. The fourth-order valence-electron chi connectivity index (χ4n) is 2.71. The van der Waals surface area contributed by atoms with Crippen LogP contribution in [0, 0.1) is 6.92 Å². The van der Waals surface area contributed by atoms with Crippen molar-refractivity contribution < 1.29 is 9.21 Å². The standard InChI is InChI=1S/C21H15BrN4O2S/c1-12-4-5-14(20-25-18-17(28-20)3-2-10-23-18)11-16(12)24-21(29)26-19(27)13-6-8-15(22)9-7-13/h2-11H,1H3,(H2,24,26,27,29). The summed E-state index contributed by atoms with van der Waals surface area (Å²) in [6.07, 6.45) is 1.67. The molecule has 0 saturated carbocycles. The number of amides is 1. The highest BCUT2D eigenvalue weighted by Crippen LogP contribution is 2.27. The van der Waals surface area contributed by atoms with Crippen LogP contribution >= 0.6 is 28.1 Å². The van der Waals surface area contributed by atoms with E-state index >= 15 is 0 Å². The molecular formula is C21H15BrN4O2S. The number of oxazole rings is 1. The van der Waals surface area contributed by atoms with Crippen molar-refractivity contribution in [2.75, 3.05) is 5.32 Å². The van der Waals surface area contributed by atoms with Crippen LogP contribution in [0.25, 0.3) is 22.7 Å². The molecule has 2 heterocycles. The molecule has 144 valence electrons. The molecule has 0 atom stereocenters. The third kappa shape index (κ3) is 4.33. The van der Waals surface area contributed by atoms with Crippen molar-refractivity contribution in [1.82, 2.24) is 15.3 Å². The Morgan fingerprint density at radius 3 is 2.69 bits per heavy atom. The second-order valence-corrected chi connectivity index (χ2v) is 7.61. The summed E-state index contributed by atoms with van der Waals surface area (Å²) in [5, 5.41) is 5.97. The summed E-state index contributed by atoms with van der Waals surface area (Å²) in [5.74, 6) is 0.181. The molecule has 0 radical (unpaired) electrons. The molecule has 0 bridgehead atoms. The number of nitrogens with one attached hydrogen (secondary N) is 2. The molecule has 2 aromatic carbocycles. The maximum atomic E-state index is 12.3. The van der Waals surface area contributed by atoms with E-state index in [9.17, 15) is 4.79 Å². The van der Waals surface area contributed by atoms with Gasteiger partial charge in [-0.3, -0.25) is 10.1 Å². The van der Waals surface area contributed by atoms with E-state index in [1.165, 1.54) is 0 Å². The van der Waals surface area contributed by atoms with E-state index in [-0.39, 0.29) is 11.0 Å². The summed E-state index contributed by atoms with van der Waals surface area (Å²) in [7, 11) is 0. The quantitative estimate of drug-likeness (QED) is 0.409. The van der Waals surface area contributed by atoms with Gasteiger partial charge in [-0.05, 0) is 73.2 Å². The van der Waals surface area contributed by atoms with E-state index < -0.39 is 0 Å². The second-order valence-electron chi connectivity index (χ2n) is 6.29. The Bertz CT molecular complexity index is 1190. The molecule has 0 aliphatic rings. The van der Waals surface area contributed by atoms with E-state index in [1.54, 1.807) is 36.5 Å². The van der Waals surface area contributed by atoms with Gasteiger partial charge in [-0.25, -0.2) is 4.98 Å². The third-order valence-electron chi connectivity index (χ3n) is 4.23. The van der Waals surface area contributed by atoms with Crippen LogP contribution in [-0.4, -0.2) is 21.0 Å². The predicted octanol–water partition coefficient (Wildman–Crippen LogP) is 5.09. The molecule has 0 fully saturated rings. The van der Waals surface area contributed by atoms with Gasteiger partial charge >= 0.3 is 0 Å². The Morgan fingerprint density at radius 1 is 1.14 bits per heavy atom. The van der Waals surface area contributed by atoms with Crippen molar-refractivity contribution in [1.29, 1.82) is 0 Å². The van der Waals surface area contributed by atoms with Crippen LogP contribution in [0.1, 0.15) is 15.9 Å². The highest BCUT2D eigenvalue weighted by Gasteiger charge is 2.12. The number of benzene rings is 2. The molecule has 0 aliphatic carbocycles. The van der Waals surface area contributed by atoms with Crippen molar-refractivity contribution >= 4 is 56.1 Å². The molecule has 0 saturated heterocycles. The maximum Gasteiger partial charge on any atom is 0.257 e. The minimum atomic E-state index is -0.283. The SMILES string of the molecule is Cc1ccc(-c2nc3ncccc3o2)cc1NC(=S)NC(=O)c1ccc(Br)cc1. The van der Waals surface area contributed by atoms with E-state index in [1.807, 2.05) is 31.2 Å². The van der Waals surface area contributed by atoms with Gasteiger partial charge in [-0.1, -0.05) is 22.0 Å². The lowest BCUT2D eigenvalue weighted by Gasteiger charge is -2.12. The lowest BCUT2D eigenvalue weighted by atomic mass is 10.1. The van der Waals surface area contributed by atoms with Crippen molar-refractivity contribution in [2.45, 2.75) is 6.92 Å². The minimum absolute atomic E-state index is 0.206. The van der Waals surface area contributed by atoms with E-state index in [2.05, 4.69) is 36.5 Å². The molecule has 8 heteroatoms. The molecule has 29 heavy (non-hydrogen) atoms. The van der Waals surface area contributed by atoms with Gasteiger partial charge < -0.3 is 9.73 Å². The topological polar surface area (TPSA) is 80.1 Å². The number of hydrogen-bond donors (Lipinski definition) is 2. The molecule has 0 spiro atoms. The normalized spacial score (nSPS) is 10.7. The number of anilines is 1. The number of pyridine rings is 1. The summed E-state index contributed by atoms with van der Waals surface area (Å²) in [4.78, 5) is 21.0. The summed E-state index contributed by atoms with van der Waals surface area (Å²) < 4.78 is 6.68. The Labute approximate surface area is 180 Å². The van der Waals surface area contributed by atoms with Crippen LogP contribution in [0.4, 0.5) is 5.69 Å². The van der Waals surface area contributed by atoms with Gasteiger partial charge in [0.25, 0.3) is 5.91 Å². The Hall–Kier alpha value is -3.10. The minimum Gasteiger partial charge on any atom is -0.434 e. The third-order valence-corrected chi connectivity index (χ3v) is 4.96. The molecule has 4 aromatic rings. The van der Waals surface area contributed by atoms with Crippen LogP contribution in [-0.2, 0) is 0 Å². The Balaban J connectivity index is 1.52. The zero-order valence-corrected chi connectivity index (χ0v) is 17.7. The number of nitrogens with zero attached hydrogens (tertiary/aromatic N) is 2. The van der Waals surface area contributed by atoms with Gasteiger partial charge in [-0.2, -0.15) is 4.98 Å². The van der Waals surface area contributed by atoms with Crippen LogP contribution in [0.5, 0.6) is 0 Å².